The number of hydrogen-bond donors (Lipinski definition) is 1. The van der Waals surface area contributed by atoms with Crippen molar-refractivity contribution in [2.75, 3.05) is 13.1 Å². The van der Waals surface area contributed by atoms with E-state index in [1.165, 1.54) is 12.8 Å². The summed E-state index contributed by atoms with van der Waals surface area (Å²) in [6.07, 6.45) is 6.02. The van der Waals surface area contributed by atoms with Crippen molar-refractivity contribution >= 4 is 0 Å². The third-order valence-electron chi connectivity index (χ3n) is 4.17. The highest BCUT2D eigenvalue weighted by Crippen LogP contribution is 2.30. The van der Waals surface area contributed by atoms with Crippen LogP contribution >= 0.6 is 0 Å². The third kappa shape index (κ3) is 2.70. The van der Waals surface area contributed by atoms with Crippen molar-refractivity contribution in [1.29, 1.82) is 0 Å². The lowest BCUT2D eigenvalue weighted by Gasteiger charge is -2.41. The Kier molecular flexibility index (Phi) is 4.30. The van der Waals surface area contributed by atoms with Crippen molar-refractivity contribution in [3.63, 3.8) is 0 Å². The van der Waals surface area contributed by atoms with E-state index in [0.717, 1.165) is 24.5 Å². The summed E-state index contributed by atoms with van der Waals surface area (Å²) >= 11 is 0. The molecule has 1 saturated heterocycles. The van der Waals surface area contributed by atoms with Gasteiger partial charge in [0.2, 0.25) is 0 Å². The molecule has 4 nitrogen and oxygen atoms in total. The summed E-state index contributed by atoms with van der Waals surface area (Å²) in [5.74, 6) is 0.626. The number of likely N-dealkylation sites (tertiary alicyclic amines) is 1. The van der Waals surface area contributed by atoms with E-state index in [1.54, 1.807) is 12.4 Å². The fourth-order valence-corrected chi connectivity index (χ4v) is 2.93. The number of nitrogens with zero attached hydrogens (tertiary/aromatic N) is 3. The maximum atomic E-state index is 5.83. The zero-order chi connectivity index (χ0) is 13.1. The second-order valence-electron chi connectivity index (χ2n) is 5.43. The zero-order valence-electron chi connectivity index (χ0n) is 11.6. The Morgan fingerprint density at radius 2 is 2.11 bits per heavy atom. The highest BCUT2D eigenvalue weighted by Gasteiger charge is 2.30. The molecule has 1 aliphatic rings. The van der Waals surface area contributed by atoms with Crippen molar-refractivity contribution in [2.24, 2.45) is 11.7 Å². The number of rotatable bonds is 3. The summed E-state index contributed by atoms with van der Waals surface area (Å²) < 4.78 is 0. The molecule has 2 heterocycles. The Hall–Kier alpha value is -1.00. The maximum Gasteiger partial charge on any atom is 0.0784 e. The minimum atomic E-state index is 0.322. The monoisotopic (exact) mass is 248 g/mol. The summed E-state index contributed by atoms with van der Waals surface area (Å²) in [5, 5.41) is 0. The van der Waals surface area contributed by atoms with Gasteiger partial charge in [-0.1, -0.05) is 0 Å². The lowest BCUT2D eigenvalue weighted by atomic mass is 9.91. The molecule has 2 rings (SSSR count). The molecule has 0 bridgehead atoms. The van der Waals surface area contributed by atoms with E-state index >= 15 is 0 Å². The third-order valence-corrected chi connectivity index (χ3v) is 4.17. The van der Waals surface area contributed by atoms with Crippen LogP contribution in [0.5, 0.6) is 0 Å². The molecule has 1 aliphatic heterocycles. The molecule has 18 heavy (non-hydrogen) atoms. The Balaban J connectivity index is 2.16. The van der Waals surface area contributed by atoms with Gasteiger partial charge in [-0.2, -0.15) is 0 Å². The molecule has 0 amide bonds. The first-order chi connectivity index (χ1) is 8.63. The summed E-state index contributed by atoms with van der Waals surface area (Å²) in [5.41, 5.74) is 7.96. The molecule has 1 fully saturated rings. The van der Waals surface area contributed by atoms with Gasteiger partial charge in [-0.25, -0.2) is 0 Å². The van der Waals surface area contributed by atoms with Gasteiger partial charge in [0.15, 0.2) is 0 Å². The number of aromatic nitrogens is 2. The molecule has 0 spiro atoms. The molecule has 0 aliphatic carbocycles. The van der Waals surface area contributed by atoms with Gasteiger partial charge in [-0.15, -0.1) is 0 Å². The van der Waals surface area contributed by atoms with Gasteiger partial charge in [-0.05, 0) is 46.1 Å². The molecule has 1 aromatic heterocycles. The van der Waals surface area contributed by atoms with Crippen LogP contribution in [0.4, 0.5) is 0 Å². The van der Waals surface area contributed by atoms with Crippen molar-refractivity contribution in [2.45, 2.75) is 45.7 Å². The first-order valence-electron chi connectivity index (χ1n) is 6.86. The van der Waals surface area contributed by atoms with E-state index in [-0.39, 0.29) is 0 Å². The normalized spacial score (nSPS) is 27.1. The highest BCUT2D eigenvalue weighted by molar-refractivity contribution is 5.13. The second-order valence-corrected chi connectivity index (χ2v) is 5.43. The van der Waals surface area contributed by atoms with Crippen molar-refractivity contribution in [3.05, 3.63) is 23.8 Å². The minimum Gasteiger partial charge on any atom is -0.330 e. The van der Waals surface area contributed by atoms with Crippen LogP contribution < -0.4 is 5.73 Å². The van der Waals surface area contributed by atoms with E-state index in [4.69, 9.17) is 5.73 Å². The summed E-state index contributed by atoms with van der Waals surface area (Å²) in [6.45, 7) is 8.43. The van der Waals surface area contributed by atoms with Gasteiger partial charge in [0.1, 0.15) is 0 Å². The van der Waals surface area contributed by atoms with E-state index in [1.807, 2.05) is 6.92 Å². The molecule has 0 saturated carbocycles. The molecule has 3 atom stereocenters. The second kappa shape index (κ2) is 5.76. The van der Waals surface area contributed by atoms with Crippen LogP contribution in [-0.2, 0) is 0 Å². The van der Waals surface area contributed by atoms with Crippen molar-refractivity contribution < 1.29 is 0 Å². The molecule has 4 heteroatoms. The average molecular weight is 248 g/mol. The number of piperidine rings is 1. The van der Waals surface area contributed by atoms with Gasteiger partial charge in [0.25, 0.3) is 0 Å². The Bertz CT molecular complexity index is 393. The smallest absolute Gasteiger partial charge is 0.0784 e. The number of hydrogen-bond acceptors (Lipinski definition) is 4. The Morgan fingerprint density at radius 3 is 2.78 bits per heavy atom. The van der Waals surface area contributed by atoms with E-state index in [0.29, 0.717) is 18.0 Å². The topological polar surface area (TPSA) is 55.0 Å². The predicted molar refractivity (Wildman–Crippen MR) is 73.1 cm³/mol. The molecule has 1 aromatic rings. The standard InChI is InChI=1S/C14H24N4/c1-10-4-5-13(8-15)9-18(10)12(3)14-11(2)16-6-7-17-14/h6-7,10,12-13H,4-5,8-9,15H2,1-3H3. The lowest BCUT2D eigenvalue weighted by molar-refractivity contribution is 0.0789. The fourth-order valence-electron chi connectivity index (χ4n) is 2.93. The molecular formula is C14H24N4. The van der Waals surface area contributed by atoms with Crippen LogP contribution in [0.2, 0.25) is 0 Å². The molecule has 100 valence electrons. The first-order valence-corrected chi connectivity index (χ1v) is 6.86. The largest absolute Gasteiger partial charge is 0.330 e. The average Bonchev–Trinajstić information content (AvgIpc) is 2.39. The Labute approximate surface area is 110 Å². The molecule has 0 radical (unpaired) electrons. The van der Waals surface area contributed by atoms with Crippen LogP contribution in [-0.4, -0.2) is 34.0 Å². The number of nitrogens with two attached hydrogens (primary N) is 1. The van der Waals surface area contributed by atoms with Crippen LogP contribution in [0.25, 0.3) is 0 Å². The Morgan fingerprint density at radius 1 is 1.39 bits per heavy atom. The van der Waals surface area contributed by atoms with E-state index in [2.05, 4.69) is 28.7 Å². The summed E-state index contributed by atoms with van der Waals surface area (Å²) in [4.78, 5) is 11.4. The first kappa shape index (κ1) is 13.4. The molecular weight excluding hydrogens is 224 g/mol. The number of aryl methyl sites for hydroxylation is 1. The molecule has 2 N–H and O–H groups in total. The zero-order valence-corrected chi connectivity index (χ0v) is 11.6. The van der Waals surface area contributed by atoms with Gasteiger partial charge in [0, 0.05) is 25.0 Å². The lowest BCUT2D eigenvalue weighted by Crippen LogP contribution is -2.45. The molecule has 0 aromatic carbocycles. The van der Waals surface area contributed by atoms with Crippen LogP contribution in [0.15, 0.2) is 12.4 Å². The minimum absolute atomic E-state index is 0.322. The van der Waals surface area contributed by atoms with Crippen LogP contribution in [0.1, 0.15) is 44.1 Å². The van der Waals surface area contributed by atoms with Crippen molar-refractivity contribution in [1.82, 2.24) is 14.9 Å². The maximum absolute atomic E-state index is 5.83. The van der Waals surface area contributed by atoms with Crippen molar-refractivity contribution in [3.8, 4) is 0 Å². The SMILES string of the molecule is Cc1nccnc1C(C)N1CC(CN)CCC1C. The van der Waals surface area contributed by atoms with Crippen LogP contribution in [0.3, 0.4) is 0 Å². The van der Waals surface area contributed by atoms with Crippen LogP contribution in [0, 0.1) is 12.8 Å². The summed E-state index contributed by atoms with van der Waals surface area (Å²) in [7, 11) is 0. The van der Waals surface area contributed by atoms with E-state index < -0.39 is 0 Å². The van der Waals surface area contributed by atoms with Gasteiger partial charge < -0.3 is 5.73 Å². The predicted octanol–water partition coefficient (Wildman–Crippen LogP) is 1.91. The molecule has 3 unspecified atom stereocenters. The quantitative estimate of drug-likeness (QED) is 0.887. The fraction of sp³-hybridized carbons (Fsp3) is 0.714. The van der Waals surface area contributed by atoms with Gasteiger partial charge in [0.05, 0.1) is 17.4 Å². The summed E-state index contributed by atoms with van der Waals surface area (Å²) in [6, 6.07) is 0.923. The van der Waals surface area contributed by atoms with Gasteiger partial charge >= 0.3 is 0 Å². The van der Waals surface area contributed by atoms with E-state index in [9.17, 15) is 0 Å². The highest BCUT2D eigenvalue weighted by atomic mass is 15.2. The van der Waals surface area contributed by atoms with Gasteiger partial charge in [-0.3, -0.25) is 14.9 Å².